The first-order valence-electron chi connectivity index (χ1n) is 11.0. The van der Waals surface area contributed by atoms with Gasteiger partial charge in [-0.3, -0.25) is 0 Å². The molecule has 1 saturated carbocycles. The van der Waals surface area contributed by atoms with Crippen LogP contribution in [0, 0.1) is 0 Å². The Labute approximate surface area is 187 Å². The van der Waals surface area contributed by atoms with E-state index in [0.29, 0.717) is 5.92 Å². The minimum Gasteiger partial charge on any atom is -0.324 e. The van der Waals surface area contributed by atoms with Gasteiger partial charge >= 0.3 is 0 Å². The topological polar surface area (TPSA) is 56.7 Å². The molecule has 5 aromatic rings. The minimum atomic E-state index is -0.169. The molecule has 1 aliphatic rings. The van der Waals surface area contributed by atoms with Gasteiger partial charge in [0.1, 0.15) is 5.69 Å². The van der Waals surface area contributed by atoms with Crippen LogP contribution in [0.2, 0.25) is 0 Å². The van der Waals surface area contributed by atoms with E-state index in [9.17, 15) is 0 Å². The summed E-state index contributed by atoms with van der Waals surface area (Å²) in [5, 5.41) is 11.2. The second-order valence-electron chi connectivity index (χ2n) is 8.85. The summed E-state index contributed by atoms with van der Waals surface area (Å²) in [6.07, 6.45) is 3.88. The third-order valence-electron chi connectivity index (χ3n) is 6.59. The van der Waals surface area contributed by atoms with Gasteiger partial charge in [0, 0.05) is 17.0 Å². The summed E-state index contributed by atoms with van der Waals surface area (Å²) in [6, 6.07) is 33.8. The zero-order chi connectivity index (χ0) is 21.5. The van der Waals surface area contributed by atoms with Gasteiger partial charge in [0.15, 0.2) is 0 Å². The summed E-state index contributed by atoms with van der Waals surface area (Å²) in [6.45, 7) is 0. The van der Waals surface area contributed by atoms with Gasteiger partial charge in [-0.2, -0.15) is 0 Å². The first kappa shape index (κ1) is 19.0. The summed E-state index contributed by atoms with van der Waals surface area (Å²) in [5.74, 6) is 0.388. The second kappa shape index (κ2) is 7.43. The highest BCUT2D eigenvalue weighted by molar-refractivity contribution is 5.83. The fraction of sp³-hybridized carbons (Fsp3) is 0.143. The lowest BCUT2D eigenvalue weighted by molar-refractivity contribution is 0.646. The van der Waals surface area contributed by atoms with Crippen LogP contribution in [0.3, 0.4) is 0 Å². The molecule has 4 aromatic carbocycles. The van der Waals surface area contributed by atoms with Crippen molar-refractivity contribution in [3.8, 4) is 16.9 Å². The fourth-order valence-corrected chi connectivity index (χ4v) is 4.69. The molecule has 156 valence electrons. The van der Waals surface area contributed by atoms with Crippen LogP contribution in [0.25, 0.3) is 27.7 Å². The molecule has 1 aliphatic carbocycles. The predicted octanol–water partition coefficient (Wildman–Crippen LogP) is 5.52. The maximum absolute atomic E-state index is 6.79. The maximum atomic E-state index is 6.79. The summed E-state index contributed by atoms with van der Waals surface area (Å²) in [4.78, 5) is 0. The van der Waals surface area contributed by atoms with E-state index in [4.69, 9.17) is 5.73 Å². The Morgan fingerprint density at radius 3 is 2.41 bits per heavy atom. The van der Waals surface area contributed by atoms with E-state index in [0.717, 1.165) is 29.8 Å². The van der Waals surface area contributed by atoms with Crippen LogP contribution in [0.15, 0.2) is 103 Å². The highest BCUT2D eigenvalue weighted by Gasteiger charge is 2.51. The molecule has 0 unspecified atom stereocenters. The average Bonchev–Trinajstić information content (AvgIpc) is 3.26. The van der Waals surface area contributed by atoms with Crippen LogP contribution >= 0.6 is 0 Å². The Balaban J connectivity index is 1.18. The van der Waals surface area contributed by atoms with Gasteiger partial charge in [-0.25, -0.2) is 4.68 Å². The highest BCUT2D eigenvalue weighted by atomic mass is 15.4. The van der Waals surface area contributed by atoms with Crippen LogP contribution < -0.4 is 5.73 Å². The summed E-state index contributed by atoms with van der Waals surface area (Å²) >= 11 is 0. The summed E-state index contributed by atoms with van der Waals surface area (Å²) in [7, 11) is 0. The van der Waals surface area contributed by atoms with Crippen molar-refractivity contribution in [2.75, 3.05) is 0 Å². The monoisotopic (exact) mass is 416 g/mol. The van der Waals surface area contributed by atoms with Gasteiger partial charge < -0.3 is 5.73 Å². The number of nitrogens with zero attached hydrogens (tertiary/aromatic N) is 3. The molecule has 0 spiro atoms. The normalized spacial score (nSPS) is 19.8. The van der Waals surface area contributed by atoms with E-state index < -0.39 is 0 Å². The molecule has 0 amide bonds. The third kappa shape index (κ3) is 3.49. The van der Waals surface area contributed by atoms with Crippen LogP contribution in [0.5, 0.6) is 0 Å². The van der Waals surface area contributed by atoms with Gasteiger partial charge in [-0.1, -0.05) is 90.1 Å². The quantitative estimate of drug-likeness (QED) is 0.411. The van der Waals surface area contributed by atoms with Gasteiger partial charge in [0.05, 0.1) is 11.9 Å². The van der Waals surface area contributed by atoms with Crippen molar-refractivity contribution in [2.24, 2.45) is 5.73 Å². The molecule has 0 aliphatic heterocycles. The van der Waals surface area contributed by atoms with E-state index in [1.54, 1.807) is 0 Å². The Morgan fingerprint density at radius 1 is 0.844 bits per heavy atom. The first-order chi connectivity index (χ1) is 15.7. The molecule has 1 aromatic heterocycles. The lowest BCUT2D eigenvalue weighted by atomic mass is 9.97. The lowest BCUT2D eigenvalue weighted by Gasteiger charge is -2.13. The molecule has 1 heterocycles. The molecule has 4 nitrogen and oxygen atoms in total. The third-order valence-corrected chi connectivity index (χ3v) is 6.59. The highest BCUT2D eigenvalue weighted by Crippen LogP contribution is 2.51. The van der Waals surface area contributed by atoms with Gasteiger partial charge in [0.25, 0.3) is 0 Å². The average molecular weight is 417 g/mol. The van der Waals surface area contributed by atoms with Gasteiger partial charge in [0.2, 0.25) is 0 Å². The lowest BCUT2D eigenvalue weighted by Crippen LogP contribution is -2.27. The summed E-state index contributed by atoms with van der Waals surface area (Å²) in [5.41, 5.74) is 12.2. The largest absolute Gasteiger partial charge is 0.324 e. The minimum absolute atomic E-state index is 0.169. The van der Waals surface area contributed by atoms with Crippen molar-refractivity contribution in [2.45, 2.75) is 24.3 Å². The molecule has 0 saturated heterocycles. The molecule has 4 heteroatoms. The van der Waals surface area contributed by atoms with Crippen molar-refractivity contribution in [1.82, 2.24) is 15.0 Å². The van der Waals surface area contributed by atoms with Crippen molar-refractivity contribution in [3.05, 3.63) is 114 Å². The molecule has 0 radical (unpaired) electrons. The van der Waals surface area contributed by atoms with Gasteiger partial charge in [-0.15, -0.1) is 5.10 Å². The van der Waals surface area contributed by atoms with Crippen molar-refractivity contribution < 1.29 is 0 Å². The Kier molecular flexibility index (Phi) is 4.40. The molecular formula is C28H24N4. The van der Waals surface area contributed by atoms with Gasteiger partial charge in [-0.05, 0) is 46.9 Å². The smallest absolute Gasteiger partial charge is 0.113 e. The number of nitrogens with two attached hydrogens (primary N) is 1. The van der Waals surface area contributed by atoms with Crippen LogP contribution in [0.4, 0.5) is 0 Å². The maximum Gasteiger partial charge on any atom is 0.113 e. The first-order valence-corrected chi connectivity index (χ1v) is 11.0. The second-order valence-corrected chi connectivity index (χ2v) is 8.85. The molecule has 0 bridgehead atoms. The van der Waals surface area contributed by atoms with Crippen molar-refractivity contribution >= 4 is 10.8 Å². The van der Waals surface area contributed by atoms with Crippen LogP contribution in [-0.2, 0) is 6.42 Å². The Morgan fingerprint density at radius 2 is 1.59 bits per heavy atom. The molecule has 1 fully saturated rings. The fourth-order valence-electron chi connectivity index (χ4n) is 4.69. The number of aromatic nitrogens is 3. The molecule has 2 atom stereocenters. The Bertz CT molecular complexity index is 1390. The van der Waals surface area contributed by atoms with E-state index >= 15 is 0 Å². The standard InChI is InChI=1S/C28H24N4/c29-28(17-20-10-11-21-6-4-5-9-24(21)16-20)18-26(28)22-12-14-25(15-13-22)32-19-27(30-31-32)23-7-2-1-3-8-23/h1-16,19,26H,17-18,29H2/t26-,28+/m0/s1. The molecule has 2 N–H and O–H groups in total. The molecule has 6 rings (SSSR count). The van der Waals surface area contributed by atoms with E-state index in [-0.39, 0.29) is 5.54 Å². The van der Waals surface area contributed by atoms with E-state index in [2.05, 4.69) is 77.0 Å². The molecule has 32 heavy (non-hydrogen) atoms. The number of benzene rings is 4. The summed E-state index contributed by atoms with van der Waals surface area (Å²) < 4.78 is 1.82. The SMILES string of the molecule is N[C@]1(Cc2ccc3ccccc3c2)C[C@H]1c1ccc(-n2cc(-c3ccccc3)nn2)cc1. The van der Waals surface area contributed by atoms with Crippen LogP contribution in [0.1, 0.15) is 23.5 Å². The van der Waals surface area contributed by atoms with Crippen molar-refractivity contribution in [3.63, 3.8) is 0 Å². The zero-order valence-corrected chi connectivity index (χ0v) is 17.7. The number of rotatable bonds is 5. The number of fused-ring (bicyclic) bond motifs is 1. The Hall–Kier alpha value is -3.76. The molecular weight excluding hydrogens is 392 g/mol. The predicted molar refractivity (Wildman–Crippen MR) is 129 cm³/mol. The van der Waals surface area contributed by atoms with E-state index in [1.165, 1.54) is 21.9 Å². The van der Waals surface area contributed by atoms with Crippen LogP contribution in [-0.4, -0.2) is 20.5 Å². The number of hydrogen-bond acceptors (Lipinski definition) is 3. The van der Waals surface area contributed by atoms with E-state index in [1.807, 2.05) is 41.2 Å². The van der Waals surface area contributed by atoms with Crippen molar-refractivity contribution in [1.29, 1.82) is 0 Å². The zero-order valence-electron chi connectivity index (χ0n) is 17.7. The number of hydrogen-bond donors (Lipinski definition) is 1.